The number of nitriles is 1. The standard InChI is InChI=1S/C17H21NO/c18-13-16(10-5-1-2-6-11-16)17(19)12-9-14-7-3-4-8-15(14)17/h3-4,7-8,19H,1-2,5-6,9-12H2. The monoisotopic (exact) mass is 255 g/mol. The SMILES string of the molecule is N#CC1(C2(O)CCc3ccccc32)CCCCCC1. The third-order valence-electron chi connectivity index (χ3n) is 5.18. The van der Waals surface area contributed by atoms with Crippen molar-refractivity contribution in [3.05, 3.63) is 35.4 Å². The van der Waals surface area contributed by atoms with Crippen molar-refractivity contribution < 1.29 is 5.11 Å². The summed E-state index contributed by atoms with van der Waals surface area (Å²) in [5.74, 6) is 0. The molecule has 0 radical (unpaired) electrons. The Balaban J connectivity index is 2.06. The second kappa shape index (κ2) is 4.65. The number of aliphatic hydroxyl groups is 1. The lowest BCUT2D eigenvalue weighted by Crippen LogP contribution is -2.43. The van der Waals surface area contributed by atoms with Crippen molar-refractivity contribution in [1.29, 1.82) is 5.26 Å². The van der Waals surface area contributed by atoms with E-state index in [1.54, 1.807) is 0 Å². The summed E-state index contributed by atoms with van der Waals surface area (Å²) in [4.78, 5) is 0. The minimum atomic E-state index is -0.928. The average molecular weight is 255 g/mol. The molecular weight excluding hydrogens is 234 g/mol. The van der Waals surface area contributed by atoms with E-state index in [-0.39, 0.29) is 0 Å². The first-order valence-electron chi connectivity index (χ1n) is 7.44. The summed E-state index contributed by atoms with van der Waals surface area (Å²) in [6.45, 7) is 0. The van der Waals surface area contributed by atoms with Gasteiger partial charge in [0.05, 0.1) is 11.5 Å². The first-order valence-corrected chi connectivity index (χ1v) is 7.44. The summed E-state index contributed by atoms with van der Waals surface area (Å²) in [5, 5.41) is 21.1. The number of hydrogen-bond donors (Lipinski definition) is 1. The summed E-state index contributed by atoms with van der Waals surface area (Å²) in [5.41, 5.74) is 0.737. The summed E-state index contributed by atoms with van der Waals surface area (Å²) in [6, 6.07) is 10.7. The minimum Gasteiger partial charge on any atom is -0.383 e. The molecule has 3 rings (SSSR count). The van der Waals surface area contributed by atoms with Crippen LogP contribution in [0.2, 0.25) is 0 Å². The summed E-state index contributed by atoms with van der Waals surface area (Å²) >= 11 is 0. The van der Waals surface area contributed by atoms with E-state index in [4.69, 9.17) is 0 Å². The van der Waals surface area contributed by atoms with Crippen LogP contribution in [0.4, 0.5) is 0 Å². The minimum absolute atomic E-state index is 0.573. The van der Waals surface area contributed by atoms with Crippen LogP contribution in [-0.4, -0.2) is 5.11 Å². The van der Waals surface area contributed by atoms with Gasteiger partial charge in [-0.15, -0.1) is 0 Å². The molecular formula is C17H21NO. The summed E-state index contributed by atoms with van der Waals surface area (Å²) < 4.78 is 0. The Bertz CT molecular complexity index is 508. The van der Waals surface area contributed by atoms with Gasteiger partial charge >= 0.3 is 0 Å². The van der Waals surface area contributed by atoms with E-state index in [1.165, 1.54) is 18.4 Å². The van der Waals surface area contributed by atoms with Gasteiger partial charge in [0.15, 0.2) is 0 Å². The van der Waals surface area contributed by atoms with Crippen molar-refractivity contribution in [1.82, 2.24) is 0 Å². The van der Waals surface area contributed by atoms with E-state index in [2.05, 4.69) is 12.1 Å². The van der Waals surface area contributed by atoms with Crippen LogP contribution in [0.15, 0.2) is 24.3 Å². The predicted octanol–water partition coefficient (Wildman–Crippen LogP) is 3.68. The molecule has 1 atom stereocenters. The van der Waals surface area contributed by atoms with Crippen LogP contribution < -0.4 is 0 Å². The zero-order chi connectivity index (χ0) is 13.3. The van der Waals surface area contributed by atoms with Crippen LogP contribution >= 0.6 is 0 Å². The molecule has 2 aliphatic rings. The number of nitrogens with zero attached hydrogens (tertiary/aromatic N) is 1. The molecule has 2 heteroatoms. The van der Waals surface area contributed by atoms with Crippen LogP contribution in [0.25, 0.3) is 0 Å². The van der Waals surface area contributed by atoms with Gasteiger partial charge in [-0.2, -0.15) is 5.26 Å². The Labute approximate surface area is 115 Å². The maximum Gasteiger partial charge on any atom is 0.109 e. The Hall–Kier alpha value is -1.33. The molecule has 0 aliphatic heterocycles. The fourth-order valence-electron chi connectivity index (χ4n) is 4.04. The Morgan fingerprint density at radius 3 is 2.37 bits per heavy atom. The Morgan fingerprint density at radius 2 is 1.68 bits per heavy atom. The molecule has 2 aliphatic carbocycles. The highest BCUT2D eigenvalue weighted by Crippen LogP contribution is 2.54. The molecule has 0 aromatic heterocycles. The van der Waals surface area contributed by atoms with Crippen LogP contribution in [-0.2, 0) is 12.0 Å². The lowest BCUT2D eigenvalue weighted by atomic mass is 9.65. The van der Waals surface area contributed by atoms with Crippen LogP contribution in [0.3, 0.4) is 0 Å². The quantitative estimate of drug-likeness (QED) is 0.778. The molecule has 1 fully saturated rings. The highest BCUT2D eigenvalue weighted by molar-refractivity contribution is 5.41. The van der Waals surface area contributed by atoms with Gasteiger partial charge in [-0.3, -0.25) is 0 Å². The Morgan fingerprint density at radius 1 is 1.00 bits per heavy atom. The molecule has 1 aromatic carbocycles. The fourth-order valence-corrected chi connectivity index (χ4v) is 4.04. The van der Waals surface area contributed by atoms with Gasteiger partial charge in [-0.05, 0) is 36.8 Å². The van der Waals surface area contributed by atoms with Crippen molar-refractivity contribution in [2.24, 2.45) is 5.41 Å². The maximum absolute atomic E-state index is 11.3. The molecule has 2 nitrogen and oxygen atoms in total. The highest BCUT2D eigenvalue weighted by Gasteiger charge is 2.54. The third kappa shape index (κ3) is 1.80. The molecule has 19 heavy (non-hydrogen) atoms. The van der Waals surface area contributed by atoms with E-state index < -0.39 is 11.0 Å². The van der Waals surface area contributed by atoms with Gasteiger partial charge in [0.2, 0.25) is 0 Å². The topological polar surface area (TPSA) is 44.0 Å². The normalized spacial score (nSPS) is 29.3. The molecule has 1 N–H and O–H groups in total. The summed E-state index contributed by atoms with van der Waals surface area (Å²) in [6.07, 6.45) is 7.82. The first-order chi connectivity index (χ1) is 9.22. The molecule has 0 bridgehead atoms. The highest BCUT2D eigenvalue weighted by atomic mass is 16.3. The fraction of sp³-hybridized carbons (Fsp3) is 0.588. The third-order valence-corrected chi connectivity index (χ3v) is 5.18. The predicted molar refractivity (Wildman–Crippen MR) is 74.4 cm³/mol. The molecule has 0 spiro atoms. The van der Waals surface area contributed by atoms with Crippen LogP contribution in [0.1, 0.15) is 56.1 Å². The number of hydrogen-bond acceptors (Lipinski definition) is 2. The second-order valence-electron chi connectivity index (χ2n) is 6.13. The molecule has 0 saturated heterocycles. The molecule has 1 unspecified atom stereocenters. The van der Waals surface area contributed by atoms with Crippen molar-refractivity contribution in [2.45, 2.75) is 57.0 Å². The number of rotatable bonds is 1. The number of fused-ring (bicyclic) bond motifs is 1. The first kappa shape index (κ1) is 12.7. The molecule has 0 amide bonds. The number of benzene rings is 1. The van der Waals surface area contributed by atoms with Crippen molar-refractivity contribution in [2.75, 3.05) is 0 Å². The van der Waals surface area contributed by atoms with Gasteiger partial charge in [-0.1, -0.05) is 49.9 Å². The van der Waals surface area contributed by atoms with Gasteiger partial charge in [0, 0.05) is 0 Å². The average Bonchev–Trinajstić information content (AvgIpc) is 2.66. The zero-order valence-corrected chi connectivity index (χ0v) is 11.4. The van der Waals surface area contributed by atoms with Crippen molar-refractivity contribution >= 4 is 0 Å². The lowest BCUT2D eigenvalue weighted by molar-refractivity contribution is -0.0680. The van der Waals surface area contributed by atoms with Gasteiger partial charge < -0.3 is 5.11 Å². The van der Waals surface area contributed by atoms with Gasteiger partial charge in [0.25, 0.3) is 0 Å². The van der Waals surface area contributed by atoms with Gasteiger partial charge in [0.1, 0.15) is 5.60 Å². The van der Waals surface area contributed by atoms with E-state index in [9.17, 15) is 10.4 Å². The zero-order valence-electron chi connectivity index (χ0n) is 11.4. The smallest absolute Gasteiger partial charge is 0.109 e. The lowest BCUT2D eigenvalue weighted by Gasteiger charge is -2.40. The van der Waals surface area contributed by atoms with Crippen LogP contribution in [0, 0.1) is 16.7 Å². The van der Waals surface area contributed by atoms with Crippen LogP contribution in [0.5, 0.6) is 0 Å². The van der Waals surface area contributed by atoms with E-state index >= 15 is 0 Å². The summed E-state index contributed by atoms with van der Waals surface area (Å²) in [7, 11) is 0. The molecule has 1 aromatic rings. The molecule has 0 heterocycles. The molecule has 100 valence electrons. The van der Waals surface area contributed by atoms with E-state index in [0.717, 1.165) is 37.7 Å². The second-order valence-corrected chi connectivity index (χ2v) is 6.13. The van der Waals surface area contributed by atoms with Gasteiger partial charge in [-0.25, -0.2) is 0 Å². The van der Waals surface area contributed by atoms with Crippen molar-refractivity contribution in [3.63, 3.8) is 0 Å². The van der Waals surface area contributed by atoms with E-state index in [0.29, 0.717) is 6.42 Å². The number of aryl methyl sites for hydroxylation is 1. The largest absolute Gasteiger partial charge is 0.383 e. The maximum atomic E-state index is 11.3. The molecule has 1 saturated carbocycles. The Kier molecular flexibility index (Phi) is 3.11. The van der Waals surface area contributed by atoms with Crippen molar-refractivity contribution in [3.8, 4) is 6.07 Å². The van der Waals surface area contributed by atoms with E-state index in [1.807, 2.05) is 18.2 Å².